The molecule has 0 heterocycles. The van der Waals surface area contributed by atoms with Crippen LogP contribution in [0.15, 0.2) is 0 Å². The van der Waals surface area contributed by atoms with Crippen molar-refractivity contribution in [3.05, 3.63) is 0 Å². The fraction of sp³-hybridized carbons (Fsp3) is 0.667. The molecule has 0 bridgehead atoms. The highest BCUT2D eigenvalue weighted by Crippen LogP contribution is 2.42. The fourth-order valence-corrected chi connectivity index (χ4v) is 1.26. The van der Waals surface area contributed by atoms with Crippen molar-refractivity contribution in [2.24, 2.45) is 0 Å². The Morgan fingerprint density at radius 1 is 1.43 bits per heavy atom. The van der Waals surface area contributed by atoms with Crippen LogP contribution in [-0.2, 0) is 23.6 Å². The van der Waals surface area contributed by atoms with Gasteiger partial charge in [-0.25, -0.2) is 4.79 Å². The average molecular weight is 226 g/mol. The summed E-state index contributed by atoms with van der Waals surface area (Å²) in [5.74, 6) is -4.39. The van der Waals surface area contributed by atoms with Crippen LogP contribution >= 0.6 is 7.60 Å². The predicted octanol–water partition coefficient (Wildman–Crippen LogP) is -0.384. The summed E-state index contributed by atoms with van der Waals surface area (Å²) in [6.07, 6.45) is 0. The van der Waals surface area contributed by atoms with Crippen molar-refractivity contribution >= 4 is 19.5 Å². The highest BCUT2D eigenvalue weighted by atomic mass is 31.2. The summed E-state index contributed by atoms with van der Waals surface area (Å²) in [4.78, 5) is 38.7. The van der Waals surface area contributed by atoms with Crippen LogP contribution in [-0.4, -0.2) is 34.2 Å². The molecular formula is C6H11O7P. The maximum atomic E-state index is 10.9. The van der Waals surface area contributed by atoms with E-state index < -0.39 is 25.4 Å². The SMILES string of the molecule is CCOC(=O)C(OC(C)=O)P(=O)(O)O. The Morgan fingerprint density at radius 3 is 2.21 bits per heavy atom. The second-order valence-corrected chi connectivity index (χ2v) is 3.95. The first-order chi connectivity index (χ1) is 6.29. The number of esters is 2. The van der Waals surface area contributed by atoms with Crippen LogP contribution in [0.3, 0.4) is 0 Å². The third-order valence-electron chi connectivity index (χ3n) is 1.07. The molecule has 2 N–H and O–H groups in total. The number of hydrogen-bond donors (Lipinski definition) is 2. The van der Waals surface area contributed by atoms with E-state index in [4.69, 9.17) is 9.79 Å². The van der Waals surface area contributed by atoms with Crippen molar-refractivity contribution < 1.29 is 33.4 Å². The maximum absolute atomic E-state index is 10.9. The Kier molecular flexibility index (Phi) is 4.76. The number of hydrogen-bond acceptors (Lipinski definition) is 5. The number of ether oxygens (including phenoxy) is 2. The van der Waals surface area contributed by atoms with Gasteiger partial charge in [0, 0.05) is 6.92 Å². The molecule has 0 aromatic carbocycles. The topological polar surface area (TPSA) is 110 Å². The van der Waals surface area contributed by atoms with Crippen LogP contribution in [0, 0.1) is 0 Å². The molecule has 0 fully saturated rings. The molecule has 1 unspecified atom stereocenters. The zero-order valence-corrected chi connectivity index (χ0v) is 8.56. The summed E-state index contributed by atoms with van der Waals surface area (Å²) >= 11 is 0. The van der Waals surface area contributed by atoms with E-state index in [1.54, 1.807) is 0 Å². The fourth-order valence-electron chi connectivity index (χ4n) is 0.625. The van der Waals surface area contributed by atoms with Crippen LogP contribution in [0.4, 0.5) is 0 Å². The van der Waals surface area contributed by atoms with E-state index in [1.165, 1.54) is 6.92 Å². The number of rotatable bonds is 4. The zero-order chi connectivity index (χ0) is 11.4. The molecular weight excluding hydrogens is 215 g/mol. The molecule has 0 saturated carbocycles. The molecule has 0 saturated heterocycles. The van der Waals surface area contributed by atoms with E-state index in [9.17, 15) is 14.2 Å². The molecule has 0 amide bonds. The largest absolute Gasteiger partial charge is 0.463 e. The van der Waals surface area contributed by atoms with Gasteiger partial charge in [-0.3, -0.25) is 9.36 Å². The van der Waals surface area contributed by atoms with Gasteiger partial charge in [0.15, 0.2) is 0 Å². The lowest BCUT2D eigenvalue weighted by Crippen LogP contribution is -2.28. The lowest BCUT2D eigenvalue weighted by molar-refractivity contribution is -0.161. The van der Waals surface area contributed by atoms with Crippen molar-refractivity contribution in [2.75, 3.05) is 6.61 Å². The van der Waals surface area contributed by atoms with Gasteiger partial charge in [-0.05, 0) is 6.92 Å². The monoisotopic (exact) mass is 226 g/mol. The molecule has 1 atom stereocenters. The minimum Gasteiger partial charge on any atom is -0.463 e. The van der Waals surface area contributed by atoms with Crippen molar-refractivity contribution in [1.82, 2.24) is 0 Å². The summed E-state index contributed by atoms with van der Waals surface area (Å²) in [7, 11) is -4.83. The maximum Gasteiger partial charge on any atom is 0.377 e. The van der Waals surface area contributed by atoms with Crippen LogP contribution in [0.25, 0.3) is 0 Å². The van der Waals surface area contributed by atoms with E-state index in [0.717, 1.165) is 6.92 Å². The number of carbonyl (C=O) groups is 2. The molecule has 0 aromatic heterocycles. The highest BCUT2D eigenvalue weighted by molar-refractivity contribution is 7.53. The molecule has 8 heteroatoms. The van der Waals surface area contributed by atoms with Gasteiger partial charge in [-0.1, -0.05) is 0 Å². The van der Waals surface area contributed by atoms with Crippen LogP contribution in [0.2, 0.25) is 0 Å². The Bertz CT molecular complexity index is 267. The Labute approximate surface area is 80.2 Å². The van der Waals surface area contributed by atoms with Crippen molar-refractivity contribution in [3.63, 3.8) is 0 Å². The molecule has 0 radical (unpaired) electrons. The molecule has 82 valence electrons. The van der Waals surface area contributed by atoms with Gasteiger partial charge in [0.1, 0.15) is 0 Å². The van der Waals surface area contributed by atoms with Crippen LogP contribution in [0.5, 0.6) is 0 Å². The minimum atomic E-state index is -4.83. The molecule has 0 aromatic rings. The standard InChI is InChI=1S/C6H11O7P/c1-3-12-5(8)6(13-4(2)7)14(9,10)11/h6H,3H2,1-2H3,(H2,9,10,11). The Morgan fingerprint density at radius 2 is 1.93 bits per heavy atom. The summed E-state index contributed by atoms with van der Waals surface area (Å²) in [5, 5.41) is 0. The van der Waals surface area contributed by atoms with Crippen molar-refractivity contribution in [2.45, 2.75) is 19.7 Å². The highest BCUT2D eigenvalue weighted by Gasteiger charge is 2.40. The minimum absolute atomic E-state index is 0.0589. The van der Waals surface area contributed by atoms with Gasteiger partial charge in [0.2, 0.25) is 0 Å². The first-order valence-electron chi connectivity index (χ1n) is 3.68. The molecule has 0 rings (SSSR count). The molecule has 0 aliphatic rings. The van der Waals surface area contributed by atoms with Gasteiger partial charge in [-0.15, -0.1) is 0 Å². The van der Waals surface area contributed by atoms with E-state index in [-0.39, 0.29) is 6.61 Å². The molecule has 0 aliphatic heterocycles. The van der Waals surface area contributed by atoms with Crippen LogP contribution < -0.4 is 0 Å². The van der Waals surface area contributed by atoms with Gasteiger partial charge in [0.05, 0.1) is 6.61 Å². The van der Waals surface area contributed by atoms with E-state index in [0.29, 0.717) is 0 Å². The van der Waals surface area contributed by atoms with E-state index >= 15 is 0 Å². The van der Waals surface area contributed by atoms with Crippen molar-refractivity contribution in [1.29, 1.82) is 0 Å². The summed E-state index contributed by atoms with van der Waals surface area (Å²) < 4.78 is 19.2. The van der Waals surface area contributed by atoms with Crippen LogP contribution in [0.1, 0.15) is 13.8 Å². The lowest BCUT2D eigenvalue weighted by Gasteiger charge is -2.15. The predicted molar refractivity (Wildman–Crippen MR) is 44.2 cm³/mol. The smallest absolute Gasteiger partial charge is 0.377 e. The van der Waals surface area contributed by atoms with Gasteiger partial charge >= 0.3 is 19.5 Å². The average Bonchev–Trinajstić information content (AvgIpc) is 1.98. The lowest BCUT2D eigenvalue weighted by atomic mass is 10.7. The molecule has 14 heavy (non-hydrogen) atoms. The first-order valence-corrected chi connectivity index (χ1v) is 5.36. The van der Waals surface area contributed by atoms with Gasteiger partial charge in [-0.2, -0.15) is 0 Å². The molecule has 7 nitrogen and oxygen atoms in total. The second-order valence-electron chi connectivity index (χ2n) is 2.30. The Balaban J connectivity index is 4.64. The first kappa shape index (κ1) is 13.1. The van der Waals surface area contributed by atoms with Crippen molar-refractivity contribution in [3.8, 4) is 0 Å². The third-order valence-corrected chi connectivity index (χ3v) is 2.00. The normalized spacial score (nSPS) is 13.1. The van der Waals surface area contributed by atoms with Gasteiger partial charge < -0.3 is 19.3 Å². The quantitative estimate of drug-likeness (QED) is 0.496. The number of carbonyl (C=O) groups excluding carboxylic acids is 2. The van der Waals surface area contributed by atoms with E-state index in [1.807, 2.05) is 0 Å². The third kappa shape index (κ3) is 4.36. The second kappa shape index (κ2) is 5.09. The summed E-state index contributed by atoms with van der Waals surface area (Å²) in [5.41, 5.74) is 0. The zero-order valence-electron chi connectivity index (χ0n) is 7.67. The summed E-state index contributed by atoms with van der Waals surface area (Å²) in [6.45, 7) is 2.33. The molecule has 0 spiro atoms. The van der Waals surface area contributed by atoms with E-state index in [2.05, 4.69) is 9.47 Å². The summed E-state index contributed by atoms with van der Waals surface area (Å²) in [6, 6.07) is 0. The van der Waals surface area contributed by atoms with Gasteiger partial charge in [0.25, 0.3) is 5.85 Å². The Hall–Kier alpha value is -0.910. The molecule has 0 aliphatic carbocycles.